The summed E-state index contributed by atoms with van der Waals surface area (Å²) in [7, 11) is 1.56. The molecule has 1 atom stereocenters. The molecule has 3 nitrogen and oxygen atoms in total. The van der Waals surface area contributed by atoms with Crippen LogP contribution in [-0.2, 0) is 4.74 Å². The van der Waals surface area contributed by atoms with Gasteiger partial charge in [0.05, 0.1) is 16.1 Å². The van der Waals surface area contributed by atoms with Crippen molar-refractivity contribution in [3.63, 3.8) is 0 Å². The zero-order valence-corrected chi connectivity index (χ0v) is 8.73. The average Bonchev–Trinajstić information content (AvgIpc) is 2.20. The van der Waals surface area contributed by atoms with E-state index in [1.165, 1.54) is 3.93 Å². The maximum Gasteiger partial charge on any atom is 0.193 e. The van der Waals surface area contributed by atoms with Gasteiger partial charge in [0.25, 0.3) is 0 Å². The van der Waals surface area contributed by atoms with E-state index in [1.54, 1.807) is 7.11 Å². The monoisotopic (exact) mass is 240 g/mol. The highest BCUT2D eigenvalue weighted by Crippen LogP contribution is 2.22. The minimum atomic E-state index is -0.369. The number of hydrogen-bond acceptors (Lipinski definition) is 3. The lowest BCUT2D eigenvalue weighted by Gasteiger charge is -2.19. The van der Waals surface area contributed by atoms with Gasteiger partial charge in [0.2, 0.25) is 0 Å². The van der Waals surface area contributed by atoms with E-state index in [0.717, 1.165) is 5.56 Å². The lowest BCUT2D eigenvalue weighted by Crippen LogP contribution is -2.15. The van der Waals surface area contributed by atoms with E-state index in [-0.39, 0.29) is 6.23 Å². The Hall–Kier alpha value is -1.05. The molecule has 0 aliphatic carbocycles. The highest BCUT2D eigenvalue weighted by Gasteiger charge is 2.15. The second-order valence-corrected chi connectivity index (χ2v) is 3.17. The Balaban J connectivity index is 2.86. The van der Waals surface area contributed by atoms with Gasteiger partial charge in [-0.15, -0.1) is 0 Å². The third kappa shape index (κ3) is 2.44. The van der Waals surface area contributed by atoms with Crippen LogP contribution in [0.15, 0.2) is 30.3 Å². The standard InChI is InChI=1S/C9H9BrN2O/c1-13-9(12(10)7-11)8-5-3-2-4-6-8/h2-6,9H,1H3. The Labute approximate surface area is 85.9 Å². The molecule has 0 spiro atoms. The van der Waals surface area contributed by atoms with Crippen LogP contribution in [0.2, 0.25) is 0 Å². The molecule has 4 heteroatoms. The molecular weight excluding hydrogens is 232 g/mol. The van der Waals surface area contributed by atoms with Crippen molar-refractivity contribution in [2.24, 2.45) is 0 Å². The minimum Gasteiger partial charge on any atom is -0.356 e. The summed E-state index contributed by atoms with van der Waals surface area (Å²) in [5.74, 6) is 0. The molecule has 13 heavy (non-hydrogen) atoms. The van der Waals surface area contributed by atoms with Crippen LogP contribution < -0.4 is 0 Å². The van der Waals surface area contributed by atoms with E-state index in [9.17, 15) is 0 Å². The molecule has 0 heterocycles. The number of rotatable bonds is 3. The molecule has 0 amide bonds. The fraction of sp³-hybridized carbons (Fsp3) is 0.222. The third-order valence-electron chi connectivity index (χ3n) is 1.61. The molecule has 0 aliphatic rings. The quantitative estimate of drug-likeness (QED) is 0.353. The van der Waals surface area contributed by atoms with Crippen LogP contribution in [0.5, 0.6) is 0 Å². The summed E-state index contributed by atoms with van der Waals surface area (Å²) < 4.78 is 6.43. The van der Waals surface area contributed by atoms with Crippen molar-refractivity contribution in [3.05, 3.63) is 35.9 Å². The molecule has 0 radical (unpaired) electrons. The molecule has 0 fully saturated rings. The highest BCUT2D eigenvalue weighted by molar-refractivity contribution is 9.07. The van der Waals surface area contributed by atoms with Crippen LogP contribution in [0.25, 0.3) is 0 Å². The third-order valence-corrected chi connectivity index (χ3v) is 2.14. The summed E-state index contributed by atoms with van der Waals surface area (Å²) in [6.07, 6.45) is 1.57. The first-order chi connectivity index (χ1) is 6.29. The normalized spacial score (nSPS) is 11.8. The lowest BCUT2D eigenvalue weighted by atomic mass is 10.2. The fourth-order valence-corrected chi connectivity index (χ4v) is 1.43. The van der Waals surface area contributed by atoms with Crippen LogP contribution in [-0.4, -0.2) is 11.0 Å². The largest absolute Gasteiger partial charge is 0.356 e. The predicted octanol–water partition coefficient (Wildman–Crippen LogP) is 2.42. The van der Waals surface area contributed by atoms with Gasteiger partial charge in [0, 0.05) is 12.7 Å². The lowest BCUT2D eigenvalue weighted by molar-refractivity contribution is 0.0471. The van der Waals surface area contributed by atoms with Gasteiger partial charge in [-0.2, -0.15) is 5.26 Å². The van der Waals surface area contributed by atoms with Crippen molar-refractivity contribution in [1.29, 1.82) is 5.26 Å². The fourth-order valence-electron chi connectivity index (χ4n) is 1.03. The van der Waals surface area contributed by atoms with Crippen molar-refractivity contribution < 1.29 is 4.74 Å². The molecule has 0 N–H and O–H groups in total. The smallest absolute Gasteiger partial charge is 0.193 e. The maximum absolute atomic E-state index is 8.65. The molecule has 68 valence electrons. The van der Waals surface area contributed by atoms with E-state index in [1.807, 2.05) is 36.5 Å². The van der Waals surface area contributed by atoms with Gasteiger partial charge in [0.1, 0.15) is 0 Å². The van der Waals surface area contributed by atoms with Gasteiger partial charge >= 0.3 is 0 Å². The van der Waals surface area contributed by atoms with Crippen molar-refractivity contribution in [3.8, 4) is 6.19 Å². The van der Waals surface area contributed by atoms with E-state index < -0.39 is 0 Å². The Morgan fingerprint density at radius 1 is 1.46 bits per heavy atom. The molecular formula is C9H9BrN2O. The molecule has 1 unspecified atom stereocenters. The molecule has 0 bridgehead atoms. The van der Waals surface area contributed by atoms with E-state index >= 15 is 0 Å². The Bertz CT molecular complexity index is 296. The number of methoxy groups -OCH3 is 1. The van der Waals surface area contributed by atoms with Crippen molar-refractivity contribution in [2.45, 2.75) is 6.23 Å². The topological polar surface area (TPSA) is 36.3 Å². The first-order valence-electron chi connectivity index (χ1n) is 3.72. The zero-order chi connectivity index (χ0) is 9.68. The van der Waals surface area contributed by atoms with Crippen LogP contribution in [0.4, 0.5) is 0 Å². The number of nitriles is 1. The molecule has 1 aromatic carbocycles. The zero-order valence-electron chi connectivity index (χ0n) is 7.14. The second-order valence-electron chi connectivity index (χ2n) is 2.41. The molecule has 1 aromatic rings. The van der Waals surface area contributed by atoms with Crippen molar-refractivity contribution >= 4 is 16.1 Å². The van der Waals surface area contributed by atoms with Gasteiger partial charge in [-0.3, -0.25) is 0 Å². The van der Waals surface area contributed by atoms with E-state index in [2.05, 4.69) is 16.1 Å². The summed E-state index contributed by atoms with van der Waals surface area (Å²) in [6.45, 7) is 0. The van der Waals surface area contributed by atoms with Gasteiger partial charge in [-0.05, 0) is 0 Å². The van der Waals surface area contributed by atoms with Gasteiger partial charge in [-0.25, -0.2) is 3.93 Å². The number of nitrogens with zero attached hydrogens (tertiary/aromatic N) is 2. The van der Waals surface area contributed by atoms with Crippen LogP contribution in [0, 0.1) is 11.5 Å². The Kier molecular flexibility index (Phi) is 3.74. The summed E-state index contributed by atoms with van der Waals surface area (Å²) in [5, 5.41) is 8.65. The Morgan fingerprint density at radius 3 is 2.54 bits per heavy atom. The summed E-state index contributed by atoms with van der Waals surface area (Å²) in [6, 6.07) is 9.53. The molecule has 0 aromatic heterocycles. The SMILES string of the molecule is COC(c1ccccc1)N(Br)C#N. The maximum atomic E-state index is 8.65. The number of hydrogen-bond donors (Lipinski definition) is 0. The summed E-state index contributed by atoms with van der Waals surface area (Å²) >= 11 is 3.09. The Morgan fingerprint density at radius 2 is 2.08 bits per heavy atom. The second kappa shape index (κ2) is 4.85. The first-order valence-corrected chi connectivity index (χ1v) is 4.43. The van der Waals surface area contributed by atoms with Gasteiger partial charge < -0.3 is 4.74 Å². The van der Waals surface area contributed by atoms with Crippen LogP contribution in [0.3, 0.4) is 0 Å². The molecule has 1 rings (SSSR count). The summed E-state index contributed by atoms with van der Waals surface area (Å²) in [4.78, 5) is 0. The predicted molar refractivity (Wildman–Crippen MR) is 52.6 cm³/mol. The first kappa shape index (κ1) is 10.0. The van der Waals surface area contributed by atoms with E-state index in [4.69, 9.17) is 10.00 Å². The molecule has 0 saturated carbocycles. The summed E-state index contributed by atoms with van der Waals surface area (Å²) in [5.41, 5.74) is 0.934. The number of ether oxygens (including phenoxy) is 1. The van der Waals surface area contributed by atoms with Crippen LogP contribution in [0.1, 0.15) is 11.8 Å². The van der Waals surface area contributed by atoms with Crippen molar-refractivity contribution in [1.82, 2.24) is 3.93 Å². The minimum absolute atomic E-state index is 0.369. The number of benzene rings is 1. The highest BCUT2D eigenvalue weighted by atomic mass is 79.9. The van der Waals surface area contributed by atoms with E-state index in [0.29, 0.717) is 0 Å². The average molecular weight is 241 g/mol. The van der Waals surface area contributed by atoms with Gasteiger partial charge in [0.15, 0.2) is 12.4 Å². The molecule has 0 aliphatic heterocycles. The van der Waals surface area contributed by atoms with Crippen molar-refractivity contribution in [2.75, 3.05) is 7.11 Å². The number of halogens is 1. The van der Waals surface area contributed by atoms with Gasteiger partial charge in [-0.1, -0.05) is 30.3 Å². The molecule has 0 saturated heterocycles. The van der Waals surface area contributed by atoms with Crippen LogP contribution >= 0.6 is 16.1 Å².